The number of esters is 1. The van der Waals surface area contributed by atoms with E-state index < -0.39 is 23.7 Å². The molecule has 1 N–H and O–H groups in total. The van der Waals surface area contributed by atoms with Gasteiger partial charge in [0.1, 0.15) is 29.0 Å². The molecule has 0 spiro atoms. The highest BCUT2D eigenvalue weighted by atomic mass is 19.1. The summed E-state index contributed by atoms with van der Waals surface area (Å²) in [6.45, 7) is 5.21. The van der Waals surface area contributed by atoms with Crippen molar-refractivity contribution in [2.24, 2.45) is 0 Å². The SMILES string of the molecule is COC(=O)[C@@H](Cc1ccc(Oc2ccc(F)cc2)cc1)NC(=O)OC(C)(C)C. The molecule has 0 radical (unpaired) electrons. The van der Waals surface area contributed by atoms with Gasteiger partial charge in [0, 0.05) is 6.42 Å². The van der Waals surface area contributed by atoms with Gasteiger partial charge in [0.15, 0.2) is 0 Å². The van der Waals surface area contributed by atoms with E-state index in [1.165, 1.54) is 31.4 Å². The zero-order valence-corrected chi connectivity index (χ0v) is 16.3. The largest absolute Gasteiger partial charge is 0.467 e. The summed E-state index contributed by atoms with van der Waals surface area (Å²) >= 11 is 0. The van der Waals surface area contributed by atoms with Crippen LogP contribution in [0.1, 0.15) is 26.3 Å². The molecule has 1 amide bonds. The fourth-order valence-electron chi connectivity index (χ4n) is 2.35. The standard InChI is InChI=1S/C21H24FNO5/c1-21(2,3)28-20(25)23-18(19(24)26-4)13-14-5-9-16(10-6-14)27-17-11-7-15(22)8-12-17/h5-12,18H,13H2,1-4H3,(H,23,25)/t18-/m1/s1. The van der Waals surface area contributed by atoms with E-state index in [1.54, 1.807) is 45.0 Å². The molecular formula is C21H24FNO5. The minimum Gasteiger partial charge on any atom is -0.467 e. The third-order valence-corrected chi connectivity index (χ3v) is 3.59. The number of nitrogens with one attached hydrogen (secondary N) is 1. The van der Waals surface area contributed by atoms with Gasteiger partial charge in [0.2, 0.25) is 0 Å². The maximum atomic E-state index is 12.9. The van der Waals surface area contributed by atoms with Gasteiger partial charge in [-0.1, -0.05) is 12.1 Å². The van der Waals surface area contributed by atoms with Crippen LogP contribution in [0.25, 0.3) is 0 Å². The minimum absolute atomic E-state index is 0.225. The smallest absolute Gasteiger partial charge is 0.408 e. The van der Waals surface area contributed by atoms with Gasteiger partial charge in [-0.3, -0.25) is 0 Å². The van der Waals surface area contributed by atoms with Crippen molar-refractivity contribution >= 4 is 12.1 Å². The monoisotopic (exact) mass is 389 g/mol. The highest BCUT2D eigenvalue weighted by molar-refractivity contribution is 5.81. The summed E-state index contributed by atoms with van der Waals surface area (Å²) in [5.41, 5.74) is 0.113. The first kappa shape index (κ1) is 21.2. The fraction of sp³-hybridized carbons (Fsp3) is 0.333. The lowest BCUT2D eigenvalue weighted by Crippen LogP contribution is -2.45. The molecule has 2 rings (SSSR count). The zero-order chi connectivity index (χ0) is 20.7. The second-order valence-electron chi connectivity index (χ2n) is 7.13. The highest BCUT2D eigenvalue weighted by Crippen LogP contribution is 2.22. The molecule has 0 aliphatic rings. The molecule has 150 valence electrons. The molecule has 0 aromatic heterocycles. The lowest BCUT2D eigenvalue weighted by molar-refractivity contribution is -0.143. The Kier molecular flexibility index (Phi) is 6.98. The van der Waals surface area contributed by atoms with E-state index in [1.807, 2.05) is 0 Å². The summed E-state index contributed by atoms with van der Waals surface area (Å²) in [7, 11) is 1.26. The number of alkyl carbamates (subject to hydrolysis) is 1. The number of halogens is 1. The van der Waals surface area contributed by atoms with Gasteiger partial charge in [-0.15, -0.1) is 0 Å². The molecule has 0 unspecified atom stereocenters. The van der Waals surface area contributed by atoms with E-state index >= 15 is 0 Å². The van der Waals surface area contributed by atoms with Crippen molar-refractivity contribution in [2.45, 2.75) is 38.8 Å². The number of amides is 1. The first-order valence-corrected chi connectivity index (χ1v) is 8.76. The van der Waals surface area contributed by atoms with Crippen LogP contribution >= 0.6 is 0 Å². The Hall–Kier alpha value is -3.09. The third-order valence-electron chi connectivity index (χ3n) is 3.59. The number of ether oxygens (including phenoxy) is 3. The molecule has 0 aliphatic carbocycles. The summed E-state index contributed by atoms with van der Waals surface area (Å²) in [5.74, 6) is 0.157. The molecule has 28 heavy (non-hydrogen) atoms. The Morgan fingerprint density at radius 1 is 1.00 bits per heavy atom. The van der Waals surface area contributed by atoms with Crippen LogP contribution in [0.4, 0.5) is 9.18 Å². The van der Waals surface area contributed by atoms with Crippen molar-refractivity contribution in [3.63, 3.8) is 0 Å². The minimum atomic E-state index is -0.885. The molecule has 0 saturated heterocycles. The molecule has 0 heterocycles. The van der Waals surface area contributed by atoms with Crippen LogP contribution in [-0.4, -0.2) is 30.8 Å². The molecule has 1 atom stereocenters. The van der Waals surface area contributed by atoms with Crippen molar-refractivity contribution in [3.8, 4) is 11.5 Å². The Morgan fingerprint density at radius 2 is 1.54 bits per heavy atom. The molecule has 0 saturated carbocycles. The maximum Gasteiger partial charge on any atom is 0.408 e. The summed E-state index contributed by atoms with van der Waals surface area (Å²) in [5, 5.41) is 2.53. The molecule has 2 aromatic carbocycles. The topological polar surface area (TPSA) is 73.9 Å². The second-order valence-corrected chi connectivity index (χ2v) is 7.13. The Labute approximate surface area is 163 Å². The van der Waals surface area contributed by atoms with E-state index in [0.29, 0.717) is 11.5 Å². The van der Waals surface area contributed by atoms with E-state index in [2.05, 4.69) is 5.32 Å². The van der Waals surface area contributed by atoms with Crippen LogP contribution in [0.15, 0.2) is 48.5 Å². The average Bonchev–Trinajstić information content (AvgIpc) is 2.62. The van der Waals surface area contributed by atoms with Gasteiger partial charge >= 0.3 is 12.1 Å². The van der Waals surface area contributed by atoms with Gasteiger partial charge in [-0.2, -0.15) is 0 Å². The van der Waals surface area contributed by atoms with Crippen molar-refractivity contribution < 1.29 is 28.2 Å². The van der Waals surface area contributed by atoms with Crippen molar-refractivity contribution in [2.75, 3.05) is 7.11 Å². The number of benzene rings is 2. The van der Waals surface area contributed by atoms with Crippen LogP contribution in [0, 0.1) is 5.82 Å². The van der Waals surface area contributed by atoms with Crippen LogP contribution in [0.2, 0.25) is 0 Å². The van der Waals surface area contributed by atoms with Crippen molar-refractivity contribution in [1.29, 1.82) is 0 Å². The summed E-state index contributed by atoms with van der Waals surface area (Å²) in [4.78, 5) is 24.0. The summed E-state index contributed by atoms with van der Waals surface area (Å²) in [6.07, 6.45) is -0.470. The van der Waals surface area contributed by atoms with Crippen LogP contribution < -0.4 is 10.1 Å². The first-order valence-electron chi connectivity index (χ1n) is 8.76. The normalized spacial score (nSPS) is 12.0. The first-order chi connectivity index (χ1) is 13.2. The lowest BCUT2D eigenvalue weighted by atomic mass is 10.1. The van der Waals surface area contributed by atoms with Crippen molar-refractivity contribution in [3.05, 3.63) is 59.9 Å². The molecule has 0 fully saturated rings. The van der Waals surface area contributed by atoms with Gasteiger partial charge < -0.3 is 19.5 Å². The van der Waals surface area contributed by atoms with Crippen LogP contribution in [0.3, 0.4) is 0 Å². The Bertz CT molecular complexity index is 797. The number of carbonyl (C=O) groups is 2. The maximum absolute atomic E-state index is 12.9. The van der Waals surface area contributed by atoms with Gasteiger partial charge in [0.25, 0.3) is 0 Å². The lowest BCUT2D eigenvalue weighted by Gasteiger charge is -2.22. The number of hydrogen-bond acceptors (Lipinski definition) is 5. The molecule has 6 nitrogen and oxygen atoms in total. The van der Waals surface area contributed by atoms with E-state index in [9.17, 15) is 14.0 Å². The van der Waals surface area contributed by atoms with Gasteiger partial charge in [0.05, 0.1) is 7.11 Å². The predicted molar refractivity (Wildman–Crippen MR) is 102 cm³/mol. The fourth-order valence-corrected chi connectivity index (χ4v) is 2.35. The van der Waals surface area contributed by atoms with E-state index in [4.69, 9.17) is 14.2 Å². The number of rotatable bonds is 6. The molecule has 2 aromatic rings. The molecule has 7 heteroatoms. The quantitative estimate of drug-likeness (QED) is 0.749. The average molecular weight is 389 g/mol. The molecule has 0 aliphatic heterocycles. The number of carbonyl (C=O) groups excluding carboxylic acids is 2. The van der Waals surface area contributed by atoms with Gasteiger partial charge in [-0.05, 0) is 62.7 Å². The van der Waals surface area contributed by atoms with Crippen LogP contribution in [0.5, 0.6) is 11.5 Å². The molecular weight excluding hydrogens is 365 g/mol. The third kappa shape index (κ3) is 6.90. The van der Waals surface area contributed by atoms with E-state index in [-0.39, 0.29) is 12.2 Å². The number of methoxy groups -OCH3 is 1. The summed E-state index contributed by atoms with van der Waals surface area (Å²) < 4.78 is 28.5. The van der Waals surface area contributed by atoms with Gasteiger partial charge in [-0.25, -0.2) is 14.0 Å². The van der Waals surface area contributed by atoms with Crippen molar-refractivity contribution in [1.82, 2.24) is 5.32 Å². The highest BCUT2D eigenvalue weighted by Gasteiger charge is 2.25. The Morgan fingerprint density at radius 3 is 2.04 bits per heavy atom. The van der Waals surface area contributed by atoms with E-state index in [0.717, 1.165) is 5.56 Å². The zero-order valence-electron chi connectivity index (χ0n) is 16.3. The summed E-state index contributed by atoms with van der Waals surface area (Å²) in [6, 6.07) is 11.8. The second kappa shape index (κ2) is 9.21. The molecule has 0 bridgehead atoms. The predicted octanol–water partition coefficient (Wildman–Crippen LogP) is 4.23. The Balaban J connectivity index is 2.02. The van der Waals surface area contributed by atoms with Crippen LogP contribution in [-0.2, 0) is 20.7 Å². The number of hydrogen-bond donors (Lipinski definition) is 1.